The van der Waals surface area contributed by atoms with Gasteiger partial charge in [0.2, 0.25) is 0 Å². The molecule has 180 valence electrons. The zero-order valence-electron chi connectivity index (χ0n) is 19.1. The normalized spacial score (nSPS) is 13.4. The number of rotatable bonds is 6. The van der Waals surface area contributed by atoms with E-state index in [1.807, 2.05) is 24.3 Å². The molecule has 1 aromatic heterocycles. The van der Waals surface area contributed by atoms with E-state index in [0.29, 0.717) is 39.9 Å². The van der Waals surface area contributed by atoms with Crippen LogP contribution in [0.25, 0.3) is 10.2 Å². The van der Waals surface area contributed by atoms with Gasteiger partial charge in [-0.15, -0.1) is 0 Å². The number of thiazole rings is 1. The van der Waals surface area contributed by atoms with Crippen LogP contribution in [0.1, 0.15) is 22.3 Å². The molecule has 0 aliphatic carbocycles. The summed E-state index contributed by atoms with van der Waals surface area (Å²) in [5, 5.41) is 3.20. The molecule has 2 heterocycles. The number of carbonyl (C=O) groups is 1. The first-order chi connectivity index (χ1) is 16.9. The molecule has 1 N–H and O–H groups in total. The number of amides is 1. The lowest BCUT2D eigenvalue weighted by Gasteiger charge is -2.30. The van der Waals surface area contributed by atoms with Gasteiger partial charge in [0.25, 0.3) is 15.9 Å². The number of fused-ring (bicyclic) bond motifs is 2. The van der Waals surface area contributed by atoms with Gasteiger partial charge in [-0.2, -0.15) is 0 Å². The van der Waals surface area contributed by atoms with Crippen molar-refractivity contribution in [2.24, 2.45) is 0 Å². The van der Waals surface area contributed by atoms with E-state index in [1.165, 1.54) is 39.9 Å². The molecule has 1 aliphatic heterocycles. The zero-order chi connectivity index (χ0) is 24.6. The first-order valence-electron chi connectivity index (χ1n) is 11.0. The minimum absolute atomic E-state index is 0.143. The van der Waals surface area contributed by atoms with Crippen LogP contribution in [-0.4, -0.2) is 40.1 Å². The number of benzene rings is 3. The Balaban J connectivity index is 1.36. The quantitative estimate of drug-likeness (QED) is 0.404. The Kier molecular flexibility index (Phi) is 6.08. The van der Waals surface area contributed by atoms with E-state index in [4.69, 9.17) is 9.47 Å². The average molecular weight is 510 g/mol. The van der Waals surface area contributed by atoms with Gasteiger partial charge in [-0.3, -0.25) is 14.4 Å². The molecule has 0 saturated heterocycles. The fourth-order valence-electron chi connectivity index (χ4n) is 4.13. The van der Waals surface area contributed by atoms with Gasteiger partial charge in [0, 0.05) is 24.2 Å². The summed E-state index contributed by atoms with van der Waals surface area (Å²) in [6.45, 7) is 0.425. The maximum atomic E-state index is 13.3. The number of nitrogens with zero attached hydrogens (tertiary/aromatic N) is 2. The number of hydrogen-bond acceptors (Lipinski definition) is 7. The molecule has 1 amide bonds. The molecule has 0 atom stereocenters. The summed E-state index contributed by atoms with van der Waals surface area (Å²) >= 11 is 1.31. The molecule has 10 heteroatoms. The van der Waals surface area contributed by atoms with E-state index in [9.17, 15) is 13.2 Å². The van der Waals surface area contributed by atoms with Crippen molar-refractivity contribution in [3.05, 3.63) is 71.8 Å². The van der Waals surface area contributed by atoms with Crippen molar-refractivity contribution in [1.82, 2.24) is 4.98 Å². The number of para-hydroxylation sites is 1. The van der Waals surface area contributed by atoms with E-state index in [2.05, 4.69) is 10.3 Å². The van der Waals surface area contributed by atoms with E-state index >= 15 is 0 Å². The zero-order valence-corrected chi connectivity index (χ0v) is 20.8. The molecule has 1 aliphatic rings. The molecule has 8 nitrogen and oxygen atoms in total. The number of ether oxygens (including phenoxy) is 2. The summed E-state index contributed by atoms with van der Waals surface area (Å²) in [5.41, 5.74) is 2.73. The number of methoxy groups -OCH3 is 2. The lowest BCUT2D eigenvalue weighted by atomic mass is 10.0. The Hall–Kier alpha value is -3.63. The van der Waals surface area contributed by atoms with Crippen LogP contribution in [0.4, 0.5) is 10.8 Å². The predicted octanol–water partition coefficient (Wildman–Crippen LogP) is 4.71. The number of aryl methyl sites for hydroxylation is 1. The largest absolute Gasteiger partial charge is 0.493 e. The van der Waals surface area contributed by atoms with E-state index in [-0.39, 0.29) is 10.8 Å². The van der Waals surface area contributed by atoms with E-state index in [1.54, 1.807) is 26.4 Å². The van der Waals surface area contributed by atoms with Gasteiger partial charge in [-0.1, -0.05) is 29.5 Å². The van der Waals surface area contributed by atoms with Crippen LogP contribution in [0, 0.1) is 0 Å². The Morgan fingerprint density at radius 3 is 2.49 bits per heavy atom. The number of hydrogen-bond donors (Lipinski definition) is 1. The van der Waals surface area contributed by atoms with Crippen molar-refractivity contribution in [3.63, 3.8) is 0 Å². The highest BCUT2D eigenvalue weighted by Crippen LogP contribution is 2.36. The Labute approximate surface area is 207 Å². The Morgan fingerprint density at radius 1 is 1.03 bits per heavy atom. The monoisotopic (exact) mass is 509 g/mol. The summed E-state index contributed by atoms with van der Waals surface area (Å²) in [7, 11) is -0.635. The van der Waals surface area contributed by atoms with Crippen molar-refractivity contribution in [2.45, 2.75) is 17.7 Å². The van der Waals surface area contributed by atoms with Gasteiger partial charge >= 0.3 is 0 Å². The van der Waals surface area contributed by atoms with E-state index in [0.717, 1.165) is 23.1 Å². The standard InChI is InChI=1S/C25H23N3O5S2/c1-32-21-14-19-23(15-22(21)33-2)34-25(26-19)27-24(29)17-9-11-18(12-10-17)35(30,31)28-13-5-7-16-6-3-4-8-20(16)28/h3-4,6,8-12,14-15H,5,7,13H2,1-2H3,(H,26,27,29). The molecule has 5 rings (SSSR count). The molecule has 0 saturated carbocycles. The molecule has 4 aromatic rings. The lowest BCUT2D eigenvalue weighted by molar-refractivity contribution is 0.102. The van der Waals surface area contributed by atoms with Crippen molar-refractivity contribution < 1.29 is 22.7 Å². The Morgan fingerprint density at radius 2 is 1.74 bits per heavy atom. The van der Waals surface area contributed by atoms with Gasteiger partial charge in [-0.25, -0.2) is 13.4 Å². The second kappa shape index (κ2) is 9.20. The van der Waals surface area contributed by atoms with Crippen LogP contribution in [-0.2, 0) is 16.4 Å². The average Bonchev–Trinajstić information content (AvgIpc) is 3.28. The minimum atomic E-state index is -3.74. The van der Waals surface area contributed by atoms with Crippen LogP contribution >= 0.6 is 11.3 Å². The maximum absolute atomic E-state index is 13.3. The molecule has 0 unspecified atom stereocenters. The van der Waals surface area contributed by atoms with Crippen molar-refractivity contribution in [2.75, 3.05) is 30.4 Å². The van der Waals surface area contributed by atoms with Crippen LogP contribution in [0.15, 0.2) is 65.6 Å². The predicted molar refractivity (Wildman–Crippen MR) is 136 cm³/mol. The van der Waals surface area contributed by atoms with Gasteiger partial charge in [0.05, 0.1) is 35.0 Å². The van der Waals surface area contributed by atoms with Crippen molar-refractivity contribution >= 4 is 48.3 Å². The summed E-state index contributed by atoms with van der Waals surface area (Å²) < 4.78 is 39.6. The first-order valence-corrected chi connectivity index (χ1v) is 13.2. The van der Waals surface area contributed by atoms with Gasteiger partial charge in [0.15, 0.2) is 16.6 Å². The summed E-state index contributed by atoms with van der Waals surface area (Å²) in [6, 6.07) is 17.1. The topological polar surface area (TPSA) is 97.8 Å². The molecule has 0 fully saturated rings. The van der Waals surface area contributed by atoms with Gasteiger partial charge in [-0.05, 0) is 48.7 Å². The van der Waals surface area contributed by atoms with Gasteiger partial charge in [0.1, 0.15) is 0 Å². The molecular weight excluding hydrogens is 486 g/mol. The molecule has 35 heavy (non-hydrogen) atoms. The highest BCUT2D eigenvalue weighted by Gasteiger charge is 2.29. The molecule has 0 spiro atoms. The highest BCUT2D eigenvalue weighted by atomic mass is 32.2. The van der Waals surface area contributed by atoms with Crippen molar-refractivity contribution in [1.29, 1.82) is 0 Å². The second-order valence-electron chi connectivity index (χ2n) is 7.98. The summed E-state index contributed by atoms with van der Waals surface area (Å²) in [4.78, 5) is 17.4. The number of sulfonamides is 1. The number of nitrogens with one attached hydrogen (secondary N) is 1. The third-order valence-electron chi connectivity index (χ3n) is 5.89. The van der Waals surface area contributed by atoms with Gasteiger partial charge < -0.3 is 9.47 Å². The Bertz CT molecular complexity index is 1470. The molecule has 0 radical (unpaired) electrons. The van der Waals surface area contributed by atoms with Crippen molar-refractivity contribution in [3.8, 4) is 11.5 Å². The third-order valence-corrected chi connectivity index (χ3v) is 8.65. The highest BCUT2D eigenvalue weighted by molar-refractivity contribution is 7.92. The third kappa shape index (κ3) is 4.30. The van der Waals surface area contributed by atoms with Crippen LogP contribution in [0.3, 0.4) is 0 Å². The fourth-order valence-corrected chi connectivity index (χ4v) is 6.54. The van der Waals surface area contributed by atoms with Crippen LogP contribution < -0.4 is 19.1 Å². The van der Waals surface area contributed by atoms with E-state index < -0.39 is 10.0 Å². The number of carbonyl (C=O) groups excluding carboxylic acids is 1. The second-order valence-corrected chi connectivity index (χ2v) is 10.9. The SMILES string of the molecule is COc1cc2nc(NC(=O)c3ccc(S(=O)(=O)N4CCCc5ccccc54)cc3)sc2cc1OC. The summed E-state index contributed by atoms with van der Waals surface area (Å²) in [6.07, 6.45) is 1.61. The number of aromatic nitrogens is 1. The molecular formula is C25H23N3O5S2. The number of anilines is 2. The fraction of sp³-hybridized carbons (Fsp3) is 0.200. The minimum Gasteiger partial charge on any atom is -0.493 e. The maximum Gasteiger partial charge on any atom is 0.264 e. The first kappa shape index (κ1) is 23.1. The van der Waals surface area contributed by atoms with Crippen LogP contribution in [0.2, 0.25) is 0 Å². The molecule has 3 aromatic carbocycles. The summed E-state index contributed by atoms with van der Waals surface area (Å²) in [5.74, 6) is 0.751. The lowest BCUT2D eigenvalue weighted by Crippen LogP contribution is -2.35. The van der Waals surface area contributed by atoms with Crippen LogP contribution in [0.5, 0.6) is 11.5 Å². The smallest absolute Gasteiger partial charge is 0.264 e. The molecule has 0 bridgehead atoms.